The number of rotatable bonds is 8. The van der Waals surface area contributed by atoms with E-state index in [9.17, 15) is 14.9 Å². The predicted octanol–water partition coefficient (Wildman–Crippen LogP) is 3.77. The Balaban J connectivity index is 3.12. The third-order valence-corrected chi connectivity index (χ3v) is 3.44. The molecule has 0 atom stereocenters. The van der Waals surface area contributed by atoms with Crippen LogP contribution in [0.2, 0.25) is 0 Å². The van der Waals surface area contributed by atoms with Crippen molar-refractivity contribution in [2.75, 3.05) is 32.3 Å². The molecule has 0 radical (unpaired) electrons. The number of unbranched alkanes of at least 4 members (excludes halogenated alkanes) is 1. The molecule has 0 aliphatic heterocycles. The zero-order valence-electron chi connectivity index (χ0n) is 15.4. The lowest BCUT2D eigenvalue weighted by Crippen LogP contribution is -2.46. The Labute approximate surface area is 147 Å². The van der Waals surface area contributed by atoms with Gasteiger partial charge in [-0.2, -0.15) is 0 Å². The number of methoxy groups -OCH3 is 2. The SMILES string of the molecule is COCCCCOC(=O)N(c1cccc(OC)c1[N+](=O)[O-])C(C)(C)C. The largest absolute Gasteiger partial charge is 0.490 e. The van der Waals surface area contributed by atoms with E-state index >= 15 is 0 Å². The molecule has 1 amide bonds. The average molecular weight is 354 g/mol. The fourth-order valence-corrected chi connectivity index (χ4v) is 2.35. The van der Waals surface area contributed by atoms with Crippen LogP contribution in [0.5, 0.6) is 5.75 Å². The van der Waals surface area contributed by atoms with Crippen LogP contribution in [0.15, 0.2) is 18.2 Å². The van der Waals surface area contributed by atoms with E-state index in [2.05, 4.69) is 0 Å². The van der Waals surface area contributed by atoms with Gasteiger partial charge in [-0.05, 0) is 45.7 Å². The molecule has 1 rings (SSSR count). The van der Waals surface area contributed by atoms with Crippen molar-refractivity contribution in [3.8, 4) is 5.75 Å². The first-order chi connectivity index (χ1) is 11.7. The van der Waals surface area contributed by atoms with Crippen molar-refractivity contribution in [3.05, 3.63) is 28.3 Å². The van der Waals surface area contributed by atoms with Crippen molar-refractivity contribution < 1.29 is 23.9 Å². The smallest absolute Gasteiger partial charge is 0.415 e. The fraction of sp³-hybridized carbons (Fsp3) is 0.588. The molecule has 8 heteroatoms. The molecule has 0 saturated heterocycles. The molecule has 1 aromatic carbocycles. The van der Waals surface area contributed by atoms with Crippen molar-refractivity contribution >= 4 is 17.5 Å². The Hall–Kier alpha value is -2.35. The molecule has 0 spiro atoms. The lowest BCUT2D eigenvalue weighted by atomic mass is 10.0. The van der Waals surface area contributed by atoms with E-state index in [4.69, 9.17) is 14.2 Å². The van der Waals surface area contributed by atoms with E-state index in [0.717, 1.165) is 6.42 Å². The Morgan fingerprint density at radius 2 is 1.84 bits per heavy atom. The van der Waals surface area contributed by atoms with Crippen molar-refractivity contribution in [1.29, 1.82) is 0 Å². The average Bonchev–Trinajstić information content (AvgIpc) is 2.52. The standard InChI is InChI=1S/C17H26N2O6/c1-17(2,3)18(16(20)25-12-7-6-11-23-4)13-9-8-10-14(24-5)15(13)19(21)22/h8-10H,6-7,11-12H2,1-5H3. The summed E-state index contributed by atoms with van der Waals surface area (Å²) in [5.41, 5.74) is -0.851. The van der Waals surface area contributed by atoms with Gasteiger partial charge in [-0.3, -0.25) is 15.0 Å². The number of nitro groups is 1. The molecular weight excluding hydrogens is 328 g/mol. The predicted molar refractivity (Wildman–Crippen MR) is 94.3 cm³/mol. The number of nitrogens with zero attached hydrogens (tertiary/aromatic N) is 2. The summed E-state index contributed by atoms with van der Waals surface area (Å²) < 4.78 is 15.3. The normalized spacial score (nSPS) is 11.1. The maximum absolute atomic E-state index is 12.6. The number of anilines is 1. The molecule has 1 aromatic rings. The summed E-state index contributed by atoms with van der Waals surface area (Å²) in [7, 11) is 2.96. The van der Waals surface area contributed by atoms with Gasteiger partial charge >= 0.3 is 11.8 Å². The van der Waals surface area contributed by atoms with Gasteiger partial charge in [-0.1, -0.05) is 6.07 Å². The zero-order chi connectivity index (χ0) is 19.0. The van der Waals surface area contributed by atoms with Crippen LogP contribution in [0, 0.1) is 10.1 Å². The molecule has 0 fully saturated rings. The topological polar surface area (TPSA) is 91.1 Å². The van der Waals surface area contributed by atoms with E-state index in [1.807, 2.05) is 0 Å². The van der Waals surface area contributed by atoms with E-state index in [-0.39, 0.29) is 23.7 Å². The maximum Gasteiger partial charge on any atom is 0.415 e. The lowest BCUT2D eigenvalue weighted by Gasteiger charge is -2.34. The van der Waals surface area contributed by atoms with Crippen LogP contribution in [-0.2, 0) is 9.47 Å². The number of ether oxygens (including phenoxy) is 3. The molecule has 0 aromatic heterocycles. The van der Waals surface area contributed by atoms with Crippen LogP contribution in [-0.4, -0.2) is 44.0 Å². The van der Waals surface area contributed by atoms with Crippen LogP contribution >= 0.6 is 0 Å². The third kappa shape index (κ3) is 5.60. The number of nitro benzene ring substituents is 1. The first-order valence-electron chi connectivity index (χ1n) is 8.01. The molecule has 8 nitrogen and oxygen atoms in total. The van der Waals surface area contributed by atoms with Gasteiger partial charge in [-0.15, -0.1) is 0 Å². The minimum absolute atomic E-state index is 0.0876. The first-order valence-corrected chi connectivity index (χ1v) is 8.01. The van der Waals surface area contributed by atoms with Crippen LogP contribution in [0.4, 0.5) is 16.2 Å². The van der Waals surface area contributed by atoms with Crippen LogP contribution in [0.25, 0.3) is 0 Å². The van der Waals surface area contributed by atoms with Gasteiger partial charge in [0.05, 0.1) is 18.6 Å². The fourth-order valence-electron chi connectivity index (χ4n) is 2.35. The van der Waals surface area contributed by atoms with Gasteiger partial charge < -0.3 is 14.2 Å². The Morgan fingerprint density at radius 1 is 1.20 bits per heavy atom. The minimum atomic E-state index is -0.721. The summed E-state index contributed by atoms with van der Waals surface area (Å²) >= 11 is 0. The van der Waals surface area contributed by atoms with Crippen molar-refractivity contribution in [2.45, 2.75) is 39.2 Å². The summed E-state index contributed by atoms with van der Waals surface area (Å²) in [6, 6.07) is 4.60. The van der Waals surface area contributed by atoms with E-state index in [1.54, 1.807) is 33.9 Å². The van der Waals surface area contributed by atoms with Crippen LogP contribution in [0.3, 0.4) is 0 Å². The molecule has 0 bridgehead atoms. The monoisotopic (exact) mass is 354 g/mol. The van der Waals surface area contributed by atoms with Crippen molar-refractivity contribution in [2.24, 2.45) is 0 Å². The molecule has 140 valence electrons. The summed E-state index contributed by atoms with van der Waals surface area (Å²) in [5.74, 6) is 0.0876. The first kappa shape index (κ1) is 20.7. The molecule has 0 N–H and O–H groups in total. The quantitative estimate of drug-likeness (QED) is 0.401. The van der Waals surface area contributed by atoms with Crippen LogP contribution < -0.4 is 9.64 Å². The van der Waals surface area contributed by atoms with E-state index < -0.39 is 16.6 Å². The second-order valence-electron chi connectivity index (χ2n) is 6.41. The van der Waals surface area contributed by atoms with Crippen molar-refractivity contribution in [1.82, 2.24) is 0 Å². The molecular formula is C17H26N2O6. The van der Waals surface area contributed by atoms with E-state index in [1.165, 1.54) is 24.1 Å². The van der Waals surface area contributed by atoms with Gasteiger partial charge in [0.1, 0.15) is 5.69 Å². The van der Waals surface area contributed by atoms with Crippen LogP contribution in [0.1, 0.15) is 33.6 Å². The van der Waals surface area contributed by atoms with Crippen molar-refractivity contribution in [3.63, 3.8) is 0 Å². The minimum Gasteiger partial charge on any atom is -0.490 e. The molecule has 0 saturated carbocycles. The number of hydrogen-bond acceptors (Lipinski definition) is 6. The zero-order valence-corrected chi connectivity index (χ0v) is 15.4. The Kier molecular flexibility index (Phi) is 7.63. The molecule has 0 unspecified atom stereocenters. The second-order valence-corrected chi connectivity index (χ2v) is 6.41. The molecule has 0 heterocycles. The highest BCUT2D eigenvalue weighted by atomic mass is 16.6. The summed E-state index contributed by atoms with van der Waals surface area (Å²) in [5, 5.41) is 11.5. The maximum atomic E-state index is 12.6. The van der Waals surface area contributed by atoms with Gasteiger partial charge in [0.25, 0.3) is 0 Å². The van der Waals surface area contributed by atoms with Gasteiger partial charge in [0.2, 0.25) is 0 Å². The van der Waals surface area contributed by atoms with Gasteiger partial charge in [0.15, 0.2) is 5.75 Å². The highest BCUT2D eigenvalue weighted by Gasteiger charge is 2.36. The third-order valence-electron chi connectivity index (χ3n) is 3.44. The molecule has 25 heavy (non-hydrogen) atoms. The number of hydrogen-bond donors (Lipinski definition) is 0. The number of benzene rings is 1. The van der Waals surface area contributed by atoms with Gasteiger partial charge in [0, 0.05) is 19.3 Å². The Morgan fingerprint density at radius 3 is 2.36 bits per heavy atom. The number of amides is 1. The molecule has 0 aliphatic carbocycles. The highest BCUT2D eigenvalue weighted by molar-refractivity contribution is 5.93. The lowest BCUT2D eigenvalue weighted by molar-refractivity contribution is -0.385. The summed E-state index contributed by atoms with van der Waals surface area (Å²) in [6.45, 7) is 6.14. The summed E-state index contributed by atoms with van der Waals surface area (Å²) in [4.78, 5) is 24.9. The number of carbonyl (C=O) groups excluding carboxylic acids is 1. The Bertz CT molecular complexity index is 597. The highest BCUT2D eigenvalue weighted by Crippen LogP contribution is 2.39. The number of para-hydroxylation sites is 1. The van der Waals surface area contributed by atoms with E-state index in [0.29, 0.717) is 13.0 Å². The van der Waals surface area contributed by atoms with Gasteiger partial charge in [-0.25, -0.2) is 4.79 Å². The second kappa shape index (κ2) is 9.22. The molecule has 0 aliphatic rings. The summed E-state index contributed by atoms with van der Waals surface area (Å²) in [6.07, 6.45) is 0.775. The number of carbonyl (C=O) groups is 1.